The summed E-state index contributed by atoms with van der Waals surface area (Å²) in [7, 11) is -3.84. The molecule has 1 heterocycles. The number of carbonyl (C=O) groups excluding carboxylic acids is 1. The topological polar surface area (TPSA) is 108 Å². The van der Waals surface area contributed by atoms with Crippen molar-refractivity contribution in [1.82, 2.24) is 9.21 Å². The SMILES string of the molecule is CCN(CC)C(=O)[C@@H]1C[C@@H](N)CN1S(=O)(=O)c1ccc(C#N)cc1. The molecule has 1 saturated heterocycles. The quantitative estimate of drug-likeness (QED) is 0.833. The van der Waals surface area contributed by atoms with Crippen LogP contribution in [0.5, 0.6) is 0 Å². The minimum Gasteiger partial charge on any atom is -0.342 e. The molecule has 0 radical (unpaired) electrons. The highest BCUT2D eigenvalue weighted by molar-refractivity contribution is 7.89. The molecule has 1 aliphatic rings. The van der Waals surface area contributed by atoms with Crippen LogP contribution in [0.4, 0.5) is 0 Å². The van der Waals surface area contributed by atoms with E-state index in [2.05, 4.69) is 0 Å². The zero-order valence-corrected chi connectivity index (χ0v) is 14.7. The van der Waals surface area contributed by atoms with Crippen LogP contribution < -0.4 is 5.73 Å². The molecule has 0 saturated carbocycles. The number of benzene rings is 1. The van der Waals surface area contributed by atoms with Crippen LogP contribution in [0.2, 0.25) is 0 Å². The highest BCUT2D eigenvalue weighted by Gasteiger charge is 2.43. The van der Waals surface area contributed by atoms with E-state index in [4.69, 9.17) is 11.0 Å². The lowest BCUT2D eigenvalue weighted by molar-refractivity contribution is -0.134. The van der Waals surface area contributed by atoms with Crippen molar-refractivity contribution in [3.63, 3.8) is 0 Å². The van der Waals surface area contributed by atoms with Crippen LogP contribution in [0, 0.1) is 11.3 Å². The van der Waals surface area contributed by atoms with Gasteiger partial charge < -0.3 is 10.6 Å². The Morgan fingerprint density at radius 1 is 1.33 bits per heavy atom. The number of hydrogen-bond donors (Lipinski definition) is 1. The summed E-state index contributed by atoms with van der Waals surface area (Å²) < 4.78 is 27.0. The van der Waals surface area contributed by atoms with Crippen molar-refractivity contribution in [2.75, 3.05) is 19.6 Å². The second-order valence-electron chi connectivity index (χ2n) is 5.73. The Bertz CT molecular complexity index is 736. The van der Waals surface area contributed by atoms with E-state index in [-0.39, 0.29) is 23.4 Å². The van der Waals surface area contributed by atoms with Gasteiger partial charge in [-0.25, -0.2) is 8.42 Å². The normalized spacial score (nSPS) is 21.4. The highest BCUT2D eigenvalue weighted by atomic mass is 32.2. The second-order valence-corrected chi connectivity index (χ2v) is 7.62. The van der Waals surface area contributed by atoms with Crippen LogP contribution in [0.3, 0.4) is 0 Å². The summed E-state index contributed by atoms with van der Waals surface area (Å²) in [5.74, 6) is -0.217. The van der Waals surface area contributed by atoms with Crippen molar-refractivity contribution < 1.29 is 13.2 Å². The predicted molar refractivity (Wildman–Crippen MR) is 89.4 cm³/mol. The summed E-state index contributed by atoms with van der Waals surface area (Å²) in [5.41, 5.74) is 6.31. The molecule has 8 heteroatoms. The first-order valence-electron chi connectivity index (χ1n) is 7.91. The zero-order chi connectivity index (χ0) is 17.9. The van der Waals surface area contributed by atoms with Crippen molar-refractivity contribution in [3.05, 3.63) is 29.8 Å². The van der Waals surface area contributed by atoms with Crippen LogP contribution in [-0.4, -0.2) is 55.2 Å². The van der Waals surface area contributed by atoms with Gasteiger partial charge in [0.15, 0.2) is 0 Å². The van der Waals surface area contributed by atoms with Gasteiger partial charge in [-0.05, 0) is 44.5 Å². The van der Waals surface area contributed by atoms with Crippen LogP contribution in [0.1, 0.15) is 25.8 Å². The maximum absolute atomic E-state index is 12.9. The van der Waals surface area contributed by atoms with Gasteiger partial charge in [0, 0.05) is 25.7 Å². The maximum atomic E-state index is 12.9. The number of carbonyl (C=O) groups is 1. The van der Waals surface area contributed by atoms with E-state index in [9.17, 15) is 13.2 Å². The molecule has 0 aliphatic carbocycles. The highest BCUT2D eigenvalue weighted by Crippen LogP contribution is 2.27. The van der Waals surface area contributed by atoms with Gasteiger partial charge in [0.25, 0.3) is 0 Å². The van der Waals surface area contributed by atoms with E-state index < -0.39 is 16.1 Å². The fourth-order valence-electron chi connectivity index (χ4n) is 2.91. The summed E-state index contributed by atoms with van der Waals surface area (Å²) in [5, 5.41) is 8.83. The lowest BCUT2D eigenvalue weighted by Crippen LogP contribution is -2.47. The first-order valence-corrected chi connectivity index (χ1v) is 9.35. The first kappa shape index (κ1) is 18.4. The molecule has 24 heavy (non-hydrogen) atoms. The van der Waals surface area contributed by atoms with E-state index in [1.54, 1.807) is 4.90 Å². The Morgan fingerprint density at radius 2 is 1.92 bits per heavy atom. The van der Waals surface area contributed by atoms with Crippen molar-refractivity contribution >= 4 is 15.9 Å². The Hall–Kier alpha value is -1.95. The van der Waals surface area contributed by atoms with Gasteiger partial charge in [0.05, 0.1) is 16.5 Å². The minimum absolute atomic E-state index is 0.0629. The molecule has 1 fully saturated rings. The third kappa shape index (κ3) is 3.43. The summed E-state index contributed by atoms with van der Waals surface area (Å²) in [6, 6.07) is 6.47. The molecule has 1 aromatic carbocycles. The van der Waals surface area contributed by atoms with Crippen molar-refractivity contribution in [1.29, 1.82) is 5.26 Å². The molecule has 0 spiro atoms. The van der Waals surface area contributed by atoms with Gasteiger partial charge in [0.1, 0.15) is 6.04 Å². The smallest absolute Gasteiger partial charge is 0.243 e. The number of nitrogens with two attached hydrogens (primary N) is 1. The Kier molecular flexibility index (Phi) is 5.59. The third-order valence-electron chi connectivity index (χ3n) is 4.24. The Morgan fingerprint density at radius 3 is 2.42 bits per heavy atom. The molecule has 1 aromatic rings. The van der Waals surface area contributed by atoms with E-state index >= 15 is 0 Å². The average Bonchev–Trinajstić information content (AvgIpc) is 2.98. The molecule has 0 aromatic heterocycles. The molecule has 0 unspecified atom stereocenters. The van der Waals surface area contributed by atoms with E-state index in [0.29, 0.717) is 25.1 Å². The predicted octanol–water partition coefficient (Wildman–Crippen LogP) is 0.517. The summed E-state index contributed by atoms with van der Waals surface area (Å²) >= 11 is 0. The summed E-state index contributed by atoms with van der Waals surface area (Å²) in [6.45, 7) is 4.86. The molecular weight excluding hydrogens is 328 g/mol. The monoisotopic (exact) mass is 350 g/mol. The molecule has 7 nitrogen and oxygen atoms in total. The zero-order valence-electron chi connectivity index (χ0n) is 13.8. The molecule has 130 valence electrons. The first-order chi connectivity index (χ1) is 11.3. The van der Waals surface area contributed by atoms with Crippen molar-refractivity contribution in [2.45, 2.75) is 37.2 Å². The van der Waals surface area contributed by atoms with Gasteiger partial charge >= 0.3 is 0 Å². The molecule has 1 amide bonds. The third-order valence-corrected chi connectivity index (χ3v) is 6.13. The maximum Gasteiger partial charge on any atom is 0.243 e. The van der Waals surface area contributed by atoms with Crippen LogP contribution in [0.15, 0.2) is 29.2 Å². The van der Waals surface area contributed by atoms with Crippen molar-refractivity contribution in [3.8, 4) is 6.07 Å². The molecule has 0 bridgehead atoms. The number of likely N-dealkylation sites (N-methyl/N-ethyl adjacent to an activating group) is 1. The number of sulfonamides is 1. The number of rotatable bonds is 5. The number of nitrogens with zero attached hydrogens (tertiary/aromatic N) is 3. The number of amides is 1. The molecular formula is C16H22N4O3S. The van der Waals surface area contributed by atoms with Crippen LogP contribution in [0.25, 0.3) is 0 Å². The van der Waals surface area contributed by atoms with E-state index in [0.717, 1.165) is 0 Å². The molecule has 2 N–H and O–H groups in total. The minimum atomic E-state index is -3.84. The molecule has 1 aliphatic heterocycles. The van der Waals surface area contributed by atoms with Gasteiger partial charge in [-0.2, -0.15) is 9.57 Å². The molecule has 2 atom stereocenters. The van der Waals surface area contributed by atoms with Gasteiger partial charge in [0.2, 0.25) is 15.9 Å². The van der Waals surface area contributed by atoms with E-state index in [1.165, 1.54) is 28.6 Å². The van der Waals surface area contributed by atoms with Gasteiger partial charge in [-0.3, -0.25) is 4.79 Å². The fraction of sp³-hybridized carbons (Fsp3) is 0.500. The fourth-order valence-corrected chi connectivity index (χ4v) is 4.56. The van der Waals surface area contributed by atoms with E-state index in [1.807, 2.05) is 19.9 Å². The second kappa shape index (κ2) is 7.30. The lowest BCUT2D eigenvalue weighted by atomic mass is 10.1. The number of nitriles is 1. The Labute approximate surface area is 142 Å². The molecule has 2 rings (SSSR count). The lowest BCUT2D eigenvalue weighted by Gasteiger charge is -2.28. The Balaban J connectivity index is 2.35. The number of hydrogen-bond acceptors (Lipinski definition) is 5. The van der Waals surface area contributed by atoms with Crippen molar-refractivity contribution in [2.24, 2.45) is 5.73 Å². The standard InChI is InChI=1S/C16H22N4O3S/c1-3-19(4-2)16(21)15-9-13(18)11-20(15)24(22,23)14-7-5-12(10-17)6-8-14/h5-8,13,15H,3-4,9,11,18H2,1-2H3/t13-,15+/m1/s1. The average molecular weight is 350 g/mol. The summed E-state index contributed by atoms with van der Waals surface area (Å²) in [6.07, 6.45) is 0.310. The largest absolute Gasteiger partial charge is 0.342 e. The van der Waals surface area contributed by atoms with Gasteiger partial charge in [-0.15, -0.1) is 0 Å². The van der Waals surface area contributed by atoms with Crippen LogP contribution >= 0.6 is 0 Å². The summed E-state index contributed by atoms with van der Waals surface area (Å²) in [4.78, 5) is 14.3. The van der Waals surface area contributed by atoms with Crippen LogP contribution in [-0.2, 0) is 14.8 Å². The van der Waals surface area contributed by atoms with Gasteiger partial charge in [-0.1, -0.05) is 0 Å².